The van der Waals surface area contributed by atoms with Crippen molar-refractivity contribution in [3.8, 4) is 0 Å². The zero-order valence-corrected chi connectivity index (χ0v) is 21.7. The van der Waals surface area contributed by atoms with E-state index >= 15 is 0 Å². The quantitative estimate of drug-likeness (QED) is 0.292. The van der Waals surface area contributed by atoms with Crippen molar-refractivity contribution >= 4 is 39.1 Å². The third kappa shape index (κ3) is 6.74. The number of carbonyl (C=O) groups is 1. The molecule has 0 aliphatic carbocycles. The molecule has 8 heteroatoms. The monoisotopic (exact) mass is 517 g/mol. The van der Waals surface area contributed by atoms with E-state index in [0.29, 0.717) is 16.9 Å². The fourth-order valence-electron chi connectivity index (χ4n) is 3.74. The summed E-state index contributed by atoms with van der Waals surface area (Å²) in [5.41, 5.74) is 4.91. The van der Waals surface area contributed by atoms with Crippen LogP contribution in [0, 0.1) is 0 Å². The number of rotatable bonds is 9. The van der Waals surface area contributed by atoms with Crippen molar-refractivity contribution in [1.29, 1.82) is 0 Å². The van der Waals surface area contributed by atoms with Gasteiger partial charge in [-0.2, -0.15) is 0 Å². The van der Waals surface area contributed by atoms with Gasteiger partial charge in [-0.25, -0.2) is 8.42 Å². The number of sulfonamides is 1. The van der Waals surface area contributed by atoms with E-state index in [1.807, 2.05) is 60.9 Å². The minimum atomic E-state index is -3.49. The van der Waals surface area contributed by atoms with E-state index < -0.39 is 10.0 Å². The normalized spacial score (nSPS) is 11.2. The molecule has 3 aromatic carbocycles. The summed E-state index contributed by atoms with van der Waals surface area (Å²) in [6, 6.07) is 26.1. The third-order valence-corrected chi connectivity index (χ3v) is 7.52. The van der Waals surface area contributed by atoms with Gasteiger partial charge in [0, 0.05) is 28.5 Å². The van der Waals surface area contributed by atoms with Gasteiger partial charge in [-0.15, -0.1) is 11.8 Å². The summed E-state index contributed by atoms with van der Waals surface area (Å²) in [6.07, 6.45) is 7.49. The van der Waals surface area contributed by atoms with E-state index in [1.165, 1.54) is 16.1 Å². The van der Waals surface area contributed by atoms with Crippen LogP contribution in [0.15, 0.2) is 102 Å². The second kappa shape index (κ2) is 11.4. The number of nitrogens with one attached hydrogen (secondary N) is 1. The van der Waals surface area contributed by atoms with Gasteiger partial charge in [0.05, 0.1) is 18.5 Å². The Kier molecular flexibility index (Phi) is 8.07. The molecule has 0 aliphatic heterocycles. The van der Waals surface area contributed by atoms with Crippen LogP contribution in [0.4, 0.5) is 11.4 Å². The number of pyridine rings is 1. The molecule has 0 aliphatic rings. The summed E-state index contributed by atoms with van der Waals surface area (Å²) in [6.45, 7) is 0.178. The highest BCUT2D eigenvalue weighted by Crippen LogP contribution is 2.26. The van der Waals surface area contributed by atoms with Crippen molar-refractivity contribution in [3.05, 3.63) is 120 Å². The van der Waals surface area contributed by atoms with Crippen molar-refractivity contribution in [2.45, 2.75) is 17.9 Å². The third-order valence-electron chi connectivity index (χ3n) is 5.65. The van der Waals surface area contributed by atoms with Gasteiger partial charge in [-0.3, -0.25) is 14.1 Å². The predicted molar refractivity (Wildman–Crippen MR) is 147 cm³/mol. The van der Waals surface area contributed by atoms with Crippen molar-refractivity contribution in [2.24, 2.45) is 0 Å². The first-order chi connectivity index (χ1) is 17.3. The van der Waals surface area contributed by atoms with Crippen LogP contribution in [-0.4, -0.2) is 31.8 Å². The van der Waals surface area contributed by atoms with Crippen molar-refractivity contribution < 1.29 is 13.2 Å². The van der Waals surface area contributed by atoms with Crippen molar-refractivity contribution in [2.75, 3.05) is 22.1 Å². The van der Waals surface area contributed by atoms with E-state index in [2.05, 4.69) is 10.3 Å². The molecule has 1 aromatic heterocycles. The van der Waals surface area contributed by atoms with Gasteiger partial charge < -0.3 is 5.32 Å². The molecule has 184 valence electrons. The number of hydrogen-bond acceptors (Lipinski definition) is 5. The highest BCUT2D eigenvalue weighted by atomic mass is 32.2. The van der Waals surface area contributed by atoms with E-state index in [1.54, 1.807) is 54.5 Å². The summed E-state index contributed by atoms with van der Waals surface area (Å²) in [4.78, 5) is 17.8. The lowest BCUT2D eigenvalue weighted by Crippen LogP contribution is -2.29. The van der Waals surface area contributed by atoms with Gasteiger partial charge in [0.1, 0.15) is 0 Å². The summed E-state index contributed by atoms with van der Waals surface area (Å²) in [5, 5.41) is 2.91. The van der Waals surface area contributed by atoms with Gasteiger partial charge >= 0.3 is 0 Å². The van der Waals surface area contributed by atoms with Gasteiger partial charge in [-0.1, -0.05) is 30.3 Å². The van der Waals surface area contributed by atoms with Gasteiger partial charge in [0.2, 0.25) is 10.0 Å². The SMILES string of the molecule is CSc1cccc(N(Cc2ccc(C(=O)Nc3ccc(Cc4ccncc4)cc3)cc2)S(C)(=O)=O)c1. The van der Waals surface area contributed by atoms with Crippen LogP contribution in [-0.2, 0) is 23.0 Å². The fourth-order valence-corrected chi connectivity index (χ4v) is 5.07. The Bertz CT molecular complexity index is 1420. The molecule has 0 unspecified atom stereocenters. The average Bonchev–Trinajstić information content (AvgIpc) is 2.88. The van der Waals surface area contributed by atoms with Gasteiger partial charge in [0.15, 0.2) is 0 Å². The van der Waals surface area contributed by atoms with Crippen LogP contribution >= 0.6 is 11.8 Å². The number of nitrogens with zero attached hydrogens (tertiary/aromatic N) is 2. The smallest absolute Gasteiger partial charge is 0.255 e. The van der Waals surface area contributed by atoms with E-state index in [4.69, 9.17) is 0 Å². The molecule has 1 N–H and O–H groups in total. The summed E-state index contributed by atoms with van der Waals surface area (Å²) in [7, 11) is -3.49. The number of aromatic nitrogens is 1. The Morgan fingerprint density at radius 3 is 2.17 bits per heavy atom. The topological polar surface area (TPSA) is 79.4 Å². The molecular formula is C28H27N3O3S2. The molecule has 4 aromatic rings. The number of amides is 1. The van der Waals surface area contributed by atoms with Gasteiger partial charge in [0.25, 0.3) is 5.91 Å². The molecule has 0 saturated carbocycles. The van der Waals surface area contributed by atoms with E-state index in [-0.39, 0.29) is 12.5 Å². The van der Waals surface area contributed by atoms with E-state index in [0.717, 1.165) is 22.4 Å². The minimum absolute atomic E-state index is 0.178. The lowest BCUT2D eigenvalue weighted by Gasteiger charge is -2.23. The molecular weight excluding hydrogens is 490 g/mol. The lowest BCUT2D eigenvalue weighted by molar-refractivity contribution is 0.102. The van der Waals surface area contributed by atoms with Gasteiger partial charge in [-0.05, 0) is 84.0 Å². The molecule has 4 rings (SSSR count). The second-order valence-electron chi connectivity index (χ2n) is 8.35. The van der Waals surface area contributed by atoms with Crippen molar-refractivity contribution in [3.63, 3.8) is 0 Å². The van der Waals surface area contributed by atoms with E-state index in [9.17, 15) is 13.2 Å². The molecule has 0 spiro atoms. The highest BCUT2D eigenvalue weighted by molar-refractivity contribution is 7.98. The molecule has 36 heavy (non-hydrogen) atoms. The first-order valence-corrected chi connectivity index (χ1v) is 14.4. The molecule has 0 saturated heterocycles. The van der Waals surface area contributed by atoms with Crippen LogP contribution in [0.25, 0.3) is 0 Å². The molecule has 0 atom stereocenters. The zero-order valence-electron chi connectivity index (χ0n) is 20.1. The fraction of sp³-hybridized carbons (Fsp3) is 0.143. The Labute approximate surface area is 216 Å². The summed E-state index contributed by atoms with van der Waals surface area (Å²) >= 11 is 1.56. The summed E-state index contributed by atoms with van der Waals surface area (Å²) in [5.74, 6) is -0.226. The Hall–Kier alpha value is -3.62. The van der Waals surface area contributed by atoms with Crippen LogP contribution in [0.5, 0.6) is 0 Å². The molecule has 1 heterocycles. The van der Waals surface area contributed by atoms with Crippen LogP contribution in [0.3, 0.4) is 0 Å². The standard InChI is InChI=1S/C28H27N3O3S2/c1-35-27-5-3-4-26(19-27)31(36(2,33)34)20-23-6-10-24(11-7-23)28(32)30-25-12-8-21(9-13-25)18-22-14-16-29-17-15-22/h3-17,19H,18,20H2,1-2H3,(H,30,32). The van der Waals surface area contributed by atoms with Crippen LogP contribution in [0.2, 0.25) is 0 Å². The molecule has 6 nitrogen and oxygen atoms in total. The number of thioether (sulfide) groups is 1. The number of carbonyl (C=O) groups excluding carboxylic acids is 1. The average molecular weight is 518 g/mol. The molecule has 0 radical (unpaired) electrons. The Morgan fingerprint density at radius 1 is 0.889 bits per heavy atom. The van der Waals surface area contributed by atoms with Crippen LogP contribution < -0.4 is 9.62 Å². The maximum Gasteiger partial charge on any atom is 0.255 e. The second-order valence-corrected chi connectivity index (χ2v) is 11.1. The number of benzene rings is 3. The molecule has 1 amide bonds. The summed E-state index contributed by atoms with van der Waals surface area (Å²) < 4.78 is 26.4. The Balaban J connectivity index is 1.41. The lowest BCUT2D eigenvalue weighted by atomic mass is 10.1. The maximum absolute atomic E-state index is 12.7. The molecule has 0 fully saturated rings. The van der Waals surface area contributed by atoms with Crippen molar-refractivity contribution in [1.82, 2.24) is 4.98 Å². The zero-order chi connectivity index (χ0) is 25.5. The Morgan fingerprint density at radius 2 is 1.53 bits per heavy atom. The minimum Gasteiger partial charge on any atom is -0.322 e. The van der Waals surface area contributed by atoms with Crippen LogP contribution in [0.1, 0.15) is 27.0 Å². The highest BCUT2D eigenvalue weighted by Gasteiger charge is 2.18. The first-order valence-electron chi connectivity index (χ1n) is 11.3. The largest absolute Gasteiger partial charge is 0.322 e. The predicted octanol–water partition coefficient (Wildman–Crippen LogP) is 5.61. The number of hydrogen-bond donors (Lipinski definition) is 1. The number of anilines is 2. The molecule has 0 bridgehead atoms. The first kappa shape index (κ1) is 25.5. The maximum atomic E-state index is 12.7.